The molecule has 1 aromatic heterocycles. The molecular weight excluding hydrogens is 287 g/mol. The standard InChI is InChI=1S/C13H14F3N3O2/c1-8(2)11(20)19-12(21,13(14,15)16)7-10(18-19)9-3-5-17-6-4-9/h3-6,8,21H,7H2,1-2H3/t12-/m0/s1. The average molecular weight is 301 g/mol. The van der Waals surface area contributed by atoms with E-state index in [9.17, 15) is 23.1 Å². The van der Waals surface area contributed by atoms with E-state index < -0.39 is 30.1 Å². The predicted octanol–water partition coefficient (Wildman–Crippen LogP) is 1.92. The maximum atomic E-state index is 13.2. The number of pyridine rings is 1. The Morgan fingerprint density at radius 3 is 2.43 bits per heavy atom. The van der Waals surface area contributed by atoms with Crippen LogP contribution in [0.5, 0.6) is 0 Å². The molecule has 2 rings (SSSR count). The molecule has 0 fully saturated rings. The Hall–Kier alpha value is -1.96. The molecule has 1 aromatic rings. The van der Waals surface area contributed by atoms with Gasteiger partial charge < -0.3 is 5.11 Å². The number of aliphatic hydroxyl groups is 1. The molecule has 1 amide bonds. The Bertz CT molecular complexity index is 572. The van der Waals surface area contributed by atoms with Crippen LogP contribution in [0.1, 0.15) is 25.8 Å². The number of amides is 1. The van der Waals surface area contributed by atoms with Crippen LogP contribution in [0.4, 0.5) is 13.2 Å². The summed E-state index contributed by atoms with van der Waals surface area (Å²) in [6.07, 6.45) is -3.01. The minimum absolute atomic E-state index is 0.00812. The van der Waals surface area contributed by atoms with Crippen LogP contribution >= 0.6 is 0 Å². The summed E-state index contributed by atoms with van der Waals surface area (Å²) in [5.74, 6) is -1.61. The maximum absolute atomic E-state index is 13.2. The van der Waals surface area contributed by atoms with Gasteiger partial charge in [-0.1, -0.05) is 13.8 Å². The molecule has 5 nitrogen and oxygen atoms in total. The van der Waals surface area contributed by atoms with Gasteiger partial charge in [-0.2, -0.15) is 23.3 Å². The molecular formula is C13H14F3N3O2. The van der Waals surface area contributed by atoms with Crippen LogP contribution in [0.15, 0.2) is 29.6 Å². The highest BCUT2D eigenvalue weighted by atomic mass is 19.4. The lowest BCUT2D eigenvalue weighted by atomic mass is 10.0. The number of carbonyl (C=O) groups is 1. The molecule has 0 saturated heterocycles. The van der Waals surface area contributed by atoms with Gasteiger partial charge in [0.25, 0.3) is 5.72 Å². The smallest absolute Gasteiger partial charge is 0.362 e. The van der Waals surface area contributed by atoms with Crippen LogP contribution in [0.25, 0.3) is 0 Å². The van der Waals surface area contributed by atoms with E-state index in [4.69, 9.17) is 0 Å². The van der Waals surface area contributed by atoms with Gasteiger partial charge >= 0.3 is 6.18 Å². The first-order valence-electron chi connectivity index (χ1n) is 6.28. The molecule has 1 aliphatic heterocycles. The molecule has 1 atom stereocenters. The Kier molecular flexibility index (Phi) is 3.75. The van der Waals surface area contributed by atoms with Crippen molar-refractivity contribution in [2.75, 3.05) is 0 Å². The summed E-state index contributed by atoms with van der Waals surface area (Å²) in [6, 6.07) is 2.94. The zero-order valence-corrected chi connectivity index (χ0v) is 11.4. The third-order valence-corrected chi connectivity index (χ3v) is 3.16. The number of carbonyl (C=O) groups excluding carboxylic acids is 1. The fourth-order valence-corrected chi connectivity index (χ4v) is 1.95. The molecule has 0 radical (unpaired) electrons. The van der Waals surface area contributed by atoms with Crippen molar-refractivity contribution in [2.24, 2.45) is 11.0 Å². The second-order valence-electron chi connectivity index (χ2n) is 5.08. The molecule has 0 saturated carbocycles. The van der Waals surface area contributed by atoms with Crippen LogP contribution in [-0.4, -0.2) is 38.6 Å². The van der Waals surface area contributed by atoms with E-state index >= 15 is 0 Å². The molecule has 1 aliphatic rings. The Morgan fingerprint density at radius 1 is 1.38 bits per heavy atom. The Balaban J connectivity index is 2.45. The molecule has 1 N–H and O–H groups in total. The van der Waals surface area contributed by atoms with Crippen LogP contribution in [0.2, 0.25) is 0 Å². The van der Waals surface area contributed by atoms with Gasteiger partial charge in [0, 0.05) is 23.9 Å². The maximum Gasteiger partial charge on any atom is 0.438 e. The van der Waals surface area contributed by atoms with Gasteiger partial charge in [0.1, 0.15) is 0 Å². The first kappa shape index (κ1) is 15.4. The molecule has 8 heteroatoms. The van der Waals surface area contributed by atoms with Crippen molar-refractivity contribution in [3.63, 3.8) is 0 Å². The predicted molar refractivity (Wildman–Crippen MR) is 68.1 cm³/mol. The Labute approximate surface area is 119 Å². The Morgan fingerprint density at radius 2 is 1.95 bits per heavy atom. The van der Waals surface area contributed by atoms with E-state index in [-0.39, 0.29) is 10.7 Å². The minimum atomic E-state index is -5.00. The number of halogens is 3. The largest absolute Gasteiger partial charge is 0.438 e. The average Bonchev–Trinajstić information content (AvgIpc) is 2.78. The molecule has 0 aromatic carbocycles. The summed E-state index contributed by atoms with van der Waals surface area (Å²) in [4.78, 5) is 15.7. The number of alkyl halides is 3. The number of hydrogen-bond acceptors (Lipinski definition) is 4. The van der Waals surface area contributed by atoms with Crippen molar-refractivity contribution in [3.8, 4) is 0 Å². The highest BCUT2D eigenvalue weighted by Crippen LogP contribution is 2.41. The molecule has 0 bridgehead atoms. The minimum Gasteiger partial charge on any atom is -0.362 e. The van der Waals surface area contributed by atoms with Crippen LogP contribution < -0.4 is 0 Å². The molecule has 0 unspecified atom stereocenters. The summed E-state index contributed by atoms with van der Waals surface area (Å²) >= 11 is 0. The first-order chi connectivity index (χ1) is 9.67. The van der Waals surface area contributed by atoms with Crippen LogP contribution in [0.3, 0.4) is 0 Å². The monoisotopic (exact) mass is 301 g/mol. The van der Waals surface area contributed by atoms with Crippen LogP contribution in [-0.2, 0) is 4.79 Å². The molecule has 2 heterocycles. The van der Waals surface area contributed by atoms with Gasteiger partial charge in [0.15, 0.2) is 0 Å². The van der Waals surface area contributed by atoms with Crippen molar-refractivity contribution in [3.05, 3.63) is 30.1 Å². The molecule has 0 aliphatic carbocycles. The number of aromatic nitrogens is 1. The second kappa shape index (κ2) is 5.10. The lowest BCUT2D eigenvalue weighted by Gasteiger charge is -2.33. The third-order valence-electron chi connectivity index (χ3n) is 3.16. The fraction of sp³-hybridized carbons (Fsp3) is 0.462. The first-order valence-corrected chi connectivity index (χ1v) is 6.28. The highest BCUT2D eigenvalue weighted by Gasteiger charge is 2.63. The SMILES string of the molecule is CC(C)C(=O)N1N=C(c2ccncc2)C[C@]1(O)C(F)(F)F. The van der Waals surface area contributed by atoms with Gasteiger partial charge in [-0.3, -0.25) is 9.78 Å². The van der Waals surface area contributed by atoms with E-state index in [1.807, 2.05) is 0 Å². The zero-order chi connectivity index (χ0) is 15.8. The van der Waals surface area contributed by atoms with E-state index in [1.165, 1.54) is 38.4 Å². The summed E-state index contributed by atoms with van der Waals surface area (Å²) in [5, 5.41) is 13.8. The number of hydrogen-bond donors (Lipinski definition) is 1. The summed E-state index contributed by atoms with van der Waals surface area (Å²) in [6.45, 7) is 2.89. The zero-order valence-electron chi connectivity index (χ0n) is 11.4. The summed E-state index contributed by atoms with van der Waals surface area (Å²) in [5.41, 5.74) is -2.94. The van der Waals surface area contributed by atoms with Crippen molar-refractivity contribution in [1.82, 2.24) is 9.99 Å². The topological polar surface area (TPSA) is 65.8 Å². The lowest BCUT2D eigenvalue weighted by molar-refractivity contribution is -0.303. The third kappa shape index (κ3) is 2.63. The van der Waals surface area contributed by atoms with Crippen molar-refractivity contribution in [2.45, 2.75) is 32.2 Å². The van der Waals surface area contributed by atoms with Gasteiger partial charge in [-0.05, 0) is 12.1 Å². The summed E-state index contributed by atoms with van der Waals surface area (Å²) < 4.78 is 39.5. The lowest BCUT2D eigenvalue weighted by Crippen LogP contribution is -2.57. The fourth-order valence-electron chi connectivity index (χ4n) is 1.95. The molecule has 21 heavy (non-hydrogen) atoms. The quantitative estimate of drug-likeness (QED) is 0.907. The van der Waals surface area contributed by atoms with Gasteiger partial charge in [-0.15, -0.1) is 0 Å². The second-order valence-corrected chi connectivity index (χ2v) is 5.08. The number of rotatable bonds is 2. The van der Waals surface area contributed by atoms with Gasteiger partial charge in [0.2, 0.25) is 5.91 Å². The number of hydrazone groups is 1. The molecule has 0 spiro atoms. The highest BCUT2D eigenvalue weighted by molar-refractivity contribution is 6.03. The number of nitrogens with zero attached hydrogens (tertiary/aromatic N) is 3. The van der Waals surface area contributed by atoms with Crippen molar-refractivity contribution >= 4 is 11.6 Å². The van der Waals surface area contributed by atoms with E-state index in [0.717, 1.165) is 0 Å². The van der Waals surface area contributed by atoms with Crippen molar-refractivity contribution < 1.29 is 23.1 Å². The normalized spacial score (nSPS) is 22.6. The van der Waals surface area contributed by atoms with Gasteiger partial charge in [-0.25, -0.2) is 0 Å². The van der Waals surface area contributed by atoms with E-state index in [0.29, 0.717) is 5.56 Å². The van der Waals surface area contributed by atoms with Crippen molar-refractivity contribution in [1.29, 1.82) is 0 Å². The van der Waals surface area contributed by atoms with Crippen LogP contribution in [0, 0.1) is 5.92 Å². The van der Waals surface area contributed by atoms with E-state index in [1.54, 1.807) is 0 Å². The molecule has 114 valence electrons. The summed E-state index contributed by atoms with van der Waals surface area (Å²) in [7, 11) is 0. The van der Waals surface area contributed by atoms with Gasteiger partial charge in [0.05, 0.1) is 12.1 Å². The van der Waals surface area contributed by atoms with E-state index in [2.05, 4.69) is 10.1 Å².